The van der Waals surface area contributed by atoms with Crippen LogP contribution in [0.1, 0.15) is 55.0 Å². The van der Waals surface area contributed by atoms with Gasteiger partial charge in [0.05, 0.1) is 29.0 Å². The van der Waals surface area contributed by atoms with Gasteiger partial charge in [0.25, 0.3) is 11.8 Å². The molecule has 2 heterocycles. The molecule has 1 unspecified atom stereocenters. The molecule has 2 N–H and O–H groups in total. The van der Waals surface area contributed by atoms with E-state index < -0.39 is 12.0 Å². The molecule has 178 valence electrons. The second kappa shape index (κ2) is 9.30. The summed E-state index contributed by atoms with van der Waals surface area (Å²) in [4.78, 5) is 56.9. The van der Waals surface area contributed by atoms with E-state index in [0.717, 1.165) is 10.6 Å². The number of fused-ring (bicyclic) bond motifs is 2. The van der Waals surface area contributed by atoms with Crippen molar-refractivity contribution in [2.24, 2.45) is 0 Å². The Morgan fingerprint density at radius 2 is 1.83 bits per heavy atom. The van der Waals surface area contributed by atoms with E-state index in [2.05, 4.69) is 15.6 Å². The van der Waals surface area contributed by atoms with Gasteiger partial charge in [-0.15, -0.1) is 11.3 Å². The Morgan fingerprint density at radius 1 is 1.09 bits per heavy atom. The van der Waals surface area contributed by atoms with Crippen molar-refractivity contribution < 1.29 is 23.9 Å². The number of anilines is 2. The summed E-state index contributed by atoms with van der Waals surface area (Å²) in [6, 6.07) is 12.6. The number of imide groups is 1. The molecular formula is C25H22N4O5S. The van der Waals surface area contributed by atoms with Gasteiger partial charge >= 0.3 is 12.0 Å². The van der Waals surface area contributed by atoms with Crippen LogP contribution in [0.3, 0.4) is 0 Å². The van der Waals surface area contributed by atoms with E-state index in [1.165, 1.54) is 22.3 Å². The molecule has 0 radical (unpaired) electrons. The number of carbonyl (C=O) groups is 4. The molecule has 1 atom stereocenters. The lowest BCUT2D eigenvalue weighted by molar-refractivity contribution is 0.0523. The molecule has 0 fully saturated rings. The van der Waals surface area contributed by atoms with E-state index in [1.54, 1.807) is 49.4 Å². The number of esters is 1. The molecule has 3 aromatic rings. The maximum atomic E-state index is 12.8. The number of thiazole rings is 1. The van der Waals surface area contributed by atoms with E-state index >= 15 is 0 Å². The van der Waals surface area contributed by atoms with Gasteiger partial charge in [-0.05, 0) is 50.1 Å². The first-order valence-electron chi connectivity index (χ1n) is 11.2. The fraction of sp³-hybridized carbons (Fsp3) is 0.240. The second-order valence-electron chi connectivity index (χ2n) is 8.19. The van der Waals surface area contributed by atoms with Crippen LogP contribution < -0.4 is 10.6 Å². The Balaban J connectivity index is 1.24. The molecule has 2 aromatic carbocycles. The lowest BCUT2D eigenvalue weighted by atomic mass is 9.96. The predicted molar refractivity (Wildman–Crippen MR) is 130 cm³/mol. The third-order valence-electron chi connectivity index (χ3n) is 5.96. The van der Waals surface area contributed by atoms with Crippen molar-refractivity contribution in [1.82, 2.24) is 9.88 Å². The summed E-state index contributed by atoms with van der Waals surface area (Å²) in [6.07, 6.45) is 1.73. The minimum absolute atomic E-state index is 0.248. The topological polar surface area (TPSA) is 118 Å². The smallest absolute Gasteiger partial charge is 0.338 e. The Labute approximate surface area is 205 Å². The van der Waals surface area contributed by atoms with Crippen LogP contribution >= 0.6 is 11.3 Å². The Kier molecular flexibility index (Phi) is 6.04. The van der Waals surface area contributed by atoms with E-state index in [-0.39, 0.29) is 24.5 Å². The molecule has 9 nitrogen and oxygen atoms in total. The van der Waals surface area contributed by atoms with Crippen LogP contribution in [0.15, 0.2) is 48.5 Å². The summed E-state index contributed by atoms with van der Waals surface area (Å²) >= 11 is 1.33. The van der Waals surface area contributed by atoms with Gasteiger partial charge in [-0.3, -0.25) is 19.8 Å². The summed E-state index contributed by atoms with van der Waals surface area (Å²) in [5, 5.41) is 5.85. The van der Waals surface area contributed by atoms with Crippen LogP contribution in [0.5, 0.6) is 0 Å². The van der Waals surface area contributed by atoms with Gasteiger partial charge < -0.3 is 10.1 Å². The number of amides is 4. The minimum atomic E-state index is -0.492. The zero-order chi connectivity index (χ0) is 24.5. The first-order valence-corrected chi connectivity index (χ1v) is 12.1. The molecular weight excluding hydrogens is 468 g/mol. The van der Waals surface area contributed by atoms with Crippen molar-refractivity contribution in [2.75, 3.05) is 17.2 Å². The molecule has 10 heteroatoms. The molecule has 0 saturated carbocycles. The minimum Gasteiger partial charge on any atom is -0.462 e. The van der Waals surface area contributed by atoms with Crippen LogP contribution in [0.4, 0.5) is 15.6 Å². The number of hydrogen-bond acceptors (Lipinski definition) is 7. The van der Waals surface area contributed by atoms with Crippen molar-refractivity contribution in [3.05, 3.63) is 75.8 Å². The first-order chi connectivity index (χ1) is 16.9. The molecule has 1 aliphatic heterocycles. The summed E-state index contributed by atoms with van der Waals surface area (Å²) in [6.45, 7) is 1.99. The largest absolute Gasteiger partial charge is 0.462 e. The van der Waals surface area contributed by atoms with Crippen molar-refractivity contribution in [3.63, 3.8) is 0 Å². The highest BCUT2D eigenvalue weighted by atomic mass is 32.1. The van der Waals surface area contributed by atoms with Gasteiger partial charge in [0.1, 0.15) is 0 Å². The van der Waals surface area contributed by atoms with Gasteiger partial charge in [0, 0.05) is 23.0 Å². The SMILES string of the molecule is CCOC(=O)c1cccc(NC(=O)Nc2nc3c(s2)CC(N2C(=O)c4ccccc4C2=O)CC3)c1. The molecule has 35 heavy (non-hydrogen) atoms. The molecule has 2 aliphatic rings. The summed E-state index contributed by atoms with van der Waals surface area (Å²) in [5.41, 5.74) is 2.54. The summed E-state index contributed by atoms with van der Waals surface area (Å²) < 4.78 is 4.99. The molecule has 1 aromatic heterocycles. The third kappa shape index (κ3) is 4.40. The maximum absolute atomic E-state index is 12.8. The van der Waals surface area contributed by atoms with Crippen molar-refractivity contribution in [1.29, 1.82) is 0 Å². The van der Waals surface area contributed by atoms with Crippen molar-refractivity contribution >= 4 is 46.0 Å². The summed E-state index contributed by atoms with van der Waals surface area (Å²) in [5.74, 6) is -0.977. The Bertz CT molecular complexity index is 1320. The van der Waals surface area contributed by atoms with Gasteiger partial charge in [0.2, 0.25) is 0 Å². The van der Waals surface area contributed by atoms with Crippen molar-refractivity contribution in [3.8, 4) is 0 Å². The van der Waals surface area contributed by atoms with E-state index in [0.29, 0.717) is 46.8 Å². The number of nitrogens with one attached hydrogen (secondary N) is 2. The number of aromatic nitrogens is 1. The molecule has 1 aliphatic carbocycles. The van der Waals surface area contributed by atoms with Crippen LogP contribution in [-0.2, 0) is 17.6 Å². The van der Waals surface area contributed by atoms with Crippen LogP contribution in [0.2, 0.25) is 0 Å². The fourth-order valence-electron chi connectivity index (χ4n) is 4.37. The summed E-state index contributed by atoms with van der Waals surface area (Å²) in [7, 11) is 0. The average Bonchev–Trinajstić information content (AvgIpc) is 3.36. The monoisotopic (exact) mass is 490 g/mol. The number of carbonyl (C=O) groups excluding carboxylic acids is 4. The highest BCUT2D eigenvalue weighted by Crippen LogP contribution is 2.35. The maximum Gasteiger partial charge on any atom is 0.338 e. The normalized spacial score (nSPS) is 16.5. The molecule has 0 spiro atoms. The number of rotatable bonds is 5. The quantitative estimate of drug-likeness (QED) is 0.410. The van der Waals surface area contributed by atoms with Gasteiger partial charge in [-0.2, -0.15) is 0 Å². The van der Waals surface area contributed by atoms with Crippen molar-refractivity contribution in [2.45, 2.75) is 32.2 Å². The lowest BCUT2D eigenvalue weighted by Crippen LogP contribution is -2.42. The highest BCUT2D eigenvalue weighted by molar-refractivity contribution is 7.15. The lowest BCUT2D eigenvalue weighted by Gasteiger charge is -2.28. The zero-order valence-corrected chi connectivity index (χ0v) is 19.7. The molecule has 5 rings (SSSR count). The molecule has 4 amide bonds. The number of urea groups is 1. The van der Waals surface area contributed by atoms with Crippen LogP contribution in [0, 0.1) is 0 Å². The standard InChI is InChI=1S/C25H22N4O5S/c1-2-34-23(32)14-6-5-7-15(12-14)26-24(33)28-25-27-19-11-10-16(13-20(19)35-25)29-21(30)17-8-3-4-9-18(17)22(29)31/h3-9,12,16H,2,10-11,13H2,1H3,(H2,26,27,28,33). The molecule has 0 saturated heterocycles. The second-order valence-corrected chi connectivity index (χ2v) is 9.28. The average molecular weight is 491 g/mol. The zero-order valence-electron chi connectivity index (χ0n) is 18.9. The van der Waals surface area contributed by atoms with Gasteiger partial charge in [-0.1, -0.05) is 18.2 Å². The number of nitrogens with zero attached hydrogens (tertiary/aromatic N) is 2. The van der Waals surface area contributed by atoms with Crippen LogP contribution in [-0.4, -0.2) is 46.3 Å². The Hall–Kier alpha value is -4.05. The predicted octanol–water partition coefficient (Wildman–Crippen LogP) is 4.12. The fourth-order valence-corrected chi connectivity index (χ4v) is 5.44. The molecule has 0 bridgehead atoms. The van der Waals surface area contributed by atoms with E-state index in [4.69, 9.17) is 4.74 Å². The van der Waals surface area contributed by atoms with E-state index in [9.17, 15) is 19.2 Å². The van der Waals surface area contributed by atoms with Gasteiger partial charge in [0.15, 0.2) is 5.13 Å². The number of benzene rings is 2. The third-order valence-corrected chi connectivity index (χ3v) is 6.99. The number of ether oxygens (including phenoxy) is 1. The van der Waals surface area contributed by atoms with Crippen LogP contribution in [0.25, 0.3) is 0 Å². The first kappa shape index (κ1) is 22.7. The highest BCUT2D eigenvalue weighted by Gasteiger charge is 2.41. The van der Waals surface area contributed by atoms with Gasteiger partial charge in [-0.25, -0.2) is 14.6 Å². The Morgan fingerprint density at radius 3 is 2.54 bits per heavy atom. The number of aryl methyl sites for hydroxylation is 1. The number of hydrogen-bond donors (Lipinski definition) is 2. The van der Waals surface area contributed by atoms with E-state index in [1.807, 2.05) is 0 Å².